The summed E-state index contributed by atoms with van der Waals surface area (Å²) in [7, 11) is 0. The van der Waals surface area contributed by atoms with Crippen LogP contribution in [0, 0.1) is 0 Å². The molecule has 0 unspecified atom stereocenters. The summed E-state index contributed by atoms with van der Waals surface area (Å²) < 4.78 is 12.2. The fourth-order valence-electron chi connectivity index (χ4n) is 4.94. The van der Waals surface area contributed by atoms with Crippen molar-refractivity contribution in [2.45, 2.75) is 23.5 Å². The second-order valence-corrected chi connectivity index (χ2v) is 8.66. The summed E-state index contributed by atoms with van der Waals surface area (Å²) in [6.45, 7) is 0.346. The molecule has 1 aliphatic heterocycles. The van der Waals surface area contributed by atoms with Gasteiger partial charge in [0, 0.05) is 29.0 Å². The molecule has 5 rings (SSSR count). The van der Waals surface area contributed by atoms with Gasteiger partial charge in [0.25, 0.3) is 0 Å². The summed E-state index contributed by atoms with van der Waals surface area (Å²) in [5.41, 5.74) is -1.08. The zero-order valence-corrected chi connectivity index (χ0v) is 18.1. The van der Waals surface area contributed by atoms with Crippen molar-refractivity contribution in [1.82, 2.24) is 0 Å². The average molecular weight is 455 g/mol. The van der Waals surface area contributed by atoms with Crippen molar-refractivity contribution in [1.29, 1.82) is 0 Å². The number of fused-ring (bicyclic) bond motifs is 3. The van der Waals surface area contributed by atoms with Gasteiger partial charge in [-0.3, -0.25) is 4.79 Å². The number of carbonyl (C=O) groups is 1. The number of ether oxygens (including phenoxy) is 2. The van der Waals surface area contributed by atoms with Crippen LogP contribution in [0.5, 0.6) is 11.5 Å². The van der Waals surface area contributed by atoms with Gasteiger partial charge >= 0.3 is 0 Å². The van der Waals surface area contributed by atoms with E-state index in [0.717, 1.165) is 5.56 Å². The Labute approximate surface area is 190 Å². The average Bonchev–Trinajstić information content (AvgIpc) is 3.18. The Kier molecular flexibility index (Phi) is 4.97. The first-order valence-corrected chi connectivity index (χ1v) is 11.0. The second kappa shape index (κ2) is 7.56. The Bertz CT molecular complexity index is 1130. The highest BCUT2D eigenvalue weighted by molar-refractivity contribution is 6.30. The molecule has 6 heteroatoms. The molecule has 1 fully saturated rings. The van der Waals surface area contributed by atoms with Gasteiger partial charge in [0.05, 0.1) is 5.88 Å². The number of alkyl halides is 1. The maximum Gasteiger partial charge on any atom is 0.196 e. The lowest BCUT2D eigenvalue weighted by molar-refractivity contribution is -0.151. The van der Waals surface area contributed by atoms with E-state index in [1.54, 1.807) is 30.3 Å². The molecule has 0 aromatic heterocycles. The van der Waals surface area contributed by atoms with Crippen molar-refractivity contribution < 1.29 is 19.4 Å². The number of ketones is 1. The molecule has 2 aliphatic rings. The highest BCUT2D eigenvalue weighted by atomic mass is 35.5. The molecule has 3 atom stereocenters. The Morgan fingerprint density at radius 3 is 2.52 bits per heavy atom. The van der Waals surface area contributed by atoms with Crippen LogP contribution in [-0.4, -0.2) is 23.4 Å². The molecule has 158 valence electrons. The number of hydrogen-bond donors (Lipinski definition) is 1. The van der Waals surface area contributed by atoms with Gasteiger partial charge in [-0.1, -0.05) is 54.1 Å². The van der Waals surface area contributed by atoms with Crippen LogP contribution in [0.3, 0.4) is 0 Å². The maximum absolute atomic E-state index is 13.4. The first kappa shape index (κ1) is 20.4. The lowest BCUT2D eigenvalue weighted by Crippen LogP contribution is -2.50. The van der Waals surface area contributed by atoms with E-state index in [1.807, 2.05) is 42.5 Å². The molecule has 3 aromatic carbocycles. The van der Waals surface area contributed by atoms with Crippen LogP contribution in [-0.2, 0) is 16.0 Å². The molecular weight excluding hydrogens is 435 g/mol. The Hall–Kier alpha value is -2.53. The summed E-state index contributed by atoms with van der Waals surface area (Å²) in [6, 6.07) is 22.0. The van der Waals surface area contributed by atoms with E-state index < -0.39 is 11.2 Å². The van der Waals surface area contributed by atoms with Crippen molar-refractivity contribution in [3.63, 3.8) is 0 Å². The first-order chi connectivity index (χ1) is 15.0. The van der Waals surface area contributed by atoms with E-state index in [4.69, 9.17) is 32.7 Å². The number of benzene rings is 3. The molecule has 0 radical (unpaired) electrons. The van der Waals surface area contributed by atoms with Crippen molar-refractivity contribution >= 4 is 29.0 Å². The minimum atomic E-state index is -1.83. The van der Waals surface area contributed by atoms with Gasteiger partial charge in [-0.15, -0.1) is 11.6 Å². The summed E-state index contributed by atoms with van der Waals surface area (Å²) in [4.78, 5) is 13.4. The van der Waals surface area contributed by atoms with Gasteiger partial charge < -0.3 is 14.6 Å². The molecule has 4 nitrogen and oxygen atoms in total. The van der Waals surface area contributed by atoms with Gasteiger partial charge in [0.2, 0.25) is 0 Å². The molecule has 31 heavy (non-hydrogen) atoms. The van der Waals surface area contributed by atoms with Gasteiger partial charge in [-0.05, 0) is 35.4 Å². The lowest BCUT2D eigenvalue weighted by Gasteiger charge is -2.39. The third kappa shape index (κ3) is 2.89. The zero-order chi connectivity index (χ0) is 21.6. The fraction of sp³-hybridized carbons (Fsp3) is 0.240. The monoisotopic (exact) mass is 454 g/mol. The maximum atomic E-state index is 13.4. The van der Waals surface area contributed by atoms with E-state index in [2.05, 4.69) is 0 Å². The lowest BCUT2D eigenvalue weighted by atomic mass is 9.71. The minimum absolute atomic E-state index is 0.160. The molecule has 3 aromatic rings. The number of Topliss-reactive ketones (excluding diaryl/α,β-unsaturated/α-hetero) is 1. The molecule has 0 bridgehead atoms. The van der Waals surface area contributed by atoms with Gasteiger partial charge in [0.1, 0.15) is 18.1 Å². The largest absolute Gasteiger partial charge is 0.492 e. The van der Waals surface area contributed by atoms with E-state index >= 15 is 0 Å². The quantitative estimate of drug-likeness (QED) is 0.538. The highest BCUT2D eigenvalue weighted by Crippen LogP contribution is 2.65. The van der Waals surface area contributed by atoms with Crippen molar-refractivity contribution in [3.8, 4) is 11.5 Å². The SMILES string of the molecule is O=C1C[C@@H](c2ccccc2)[C@@]2(c3ccc(Cl)cc3)Oc3cc(OCCCl)ccc3[C@@]12O. The van der Waals surface area contributed by atoms with Crippen LogP contribution >= 0.6 is 23.2 Å². The molecular formula is C25H20Cl2O4. The zero-order valence-electron chi connectivity index (χ0n) is 16.6. The Morgan fingerprint density at radius 1 is 1.06 bits per heavy atom. The highest BCUT2D eigenvalue weighted by Gasteiger charge is 2.73. The number of halogens is 2. The molecule has 0 spiro atoms. The second-order valence-electron chi connectivity index (χ2n) is 7.84. The number of rotatable bonds is 5. The first-order valence-electron chi connectivity index (χ1n) is 10.1. The van der Waals surface area contributed by atoms with Gasteiger partial charge in [0.15, 0.2) is 17.0 Å². The molecule has 0 amide bonds. The van der Waals surface area contributed by atoms with Crippen molar-refractivity contribution in [2.75, 3.05) is 12.5 Å². The van der Waals surface area contributed by atoms with Crippen LogP contribution in [0.15, 0.2) is 72.8 Å². The summed E-state index contributed by atoms with van der Waals surface area (Å²) in [5, 5.41) is 12.6. The van der Waals surface area contributed by atoms with Gasteiger partial charge in [-0.2, -0.15) is 0 Å². The van der Waals surface area contributed by atoms with Gasteiger partial charge in [-0.25, -0.2) is 0 Å². The summed E-state index contributed by atoms with van der Waals surface area (Å²) >= 11 is 11.9. The van der Waals surface area contributed by atoms with Crippen LogP contribution < -0.4 is 9.47 Å². The smallest absolute Gasteiger partial charge is 0.196 e. The van der Waals surface area contributed by atoms with Crippen molar-refractivity contribution in [3.05, 3.63) is 94.5 Å². The fourth-order valence-corrected chi connectivity index (χ4v) is 5.14. The number of hydrogen-bond acceptors (Lipinski definition) is 4. The van der Waals surface area contributed by atoms with Crippen LogP contribution in [0.2, 0.25) is 5.02 Å². The number of aliphatic hydroxyl groups is 1. The Morgan fingerprint density at radius 2 is 1.81 bits per heavy atom. The minimum Gasteiger partial charge on any atom is -0.492 e. The standard InChI is InChI=1S/C25H20Cl2O4/c26-12-13-30-19-10-11-20-22(14-19)31-25(17-6-8-18(27)9-7-17)21(15-23(28)24(20,25)29)16-4-2-1-3-5-16/h1-11,14,21,29H,12-13,15H2/t21-,24+,25+/m0/s1. The summed E-state index contributed by atoms with van der Waals surface area (Å²) in [6.07, 6.45) is 0.160. The topological polar surface area (TPSA) is 55.8 Å². The van der Waals surface area contributed by atoms with E-state index in [-0.39, 0.29) is 18.1 Å². The summed E-state index contributed by atoms with van der Waals surface area (Å²) in [5.74, 6) is 0.693. The Balaban J connectivity index is 1.72. The van der Waals surface area contributed by atoms with Crippen LogP contribution in [0.1, 0.15) is 29.0 Å². The molecule has 1 N–H and O–H groups in total. The molecule has 1 aliphatic carbocycles. The molecule has 0 saturated heterocycles. The van der Waals surface area contributed by atoms with Crippen LogP contribution in [0.25, 0.3) is 0 Å². The third-order valence-corrected chi connectivity index (χ3v) is 6.66. The third-order valence-electron chi connectivity index (χ3n) is 6.26. The van der Waals surface area contributed by atoms with E-state index in [1.165, 1.54) is 0 Å². The van der Waals surface area contributed by atoms with E-state index in [9.17, 15) is 9.90 Å². The number of carbonyl (C=O) groups excluding carboxylic acids is 1. The van der Waals surface area contributed by atoms with E-state index in [0.29, 0.717) is 40.1 Å². The van der Waals surface area contributed by atoms with Crippen molar-refractivity contribution in [2.24, 2.45) is 0 Å². The normalized spacial score (nSPS) is 26.3. The molecule has 1 heterocycles. The molecule has 1 saturated carbocycles. The van der Waals surface area contributed by atoms with Crippen LogP contribution in [0.4, 0.5) is 0 Å². The predicted molar refractivity (Wildman–Crippen MR) is 119 cm³/mol. The predicted octanol–water partition coefficient (Wildman–Crippen LogP) is 5.19.